The van der Waals surface area contributed by atoms with E-state index in [0.29, 0.717) is 0 Å². The van der Waals surface area contributed by atoms with E-state index in [0.717, 1.165) is 0 Å². The van der Waals surface area contributed by atoms with Gasteiger partial charge in [0.15, 0.2) is 0 Å². The van der Waals surface area contributed by atoms with Gasteiger partial charge in [-0.3, -0.25) is 20.2 Å². The third kappa shape index (κ3) is 1.64. The Morgan fingerprint density at radius 3 is 2.12 bits per heavy atom. The Bertz CT molecular complexity index is 353. The Labute approximate surface area is 93.6 Å². The Kier molecular flexibility index (Phi) is 3.27. The normalized spacial score (nSPS) is 20.7. The molecule has 0 radical (unpaired) electrons. The monoisotopic (exact) mass is 222 g/mol. The molecule has 16 heavy (non-hydrogen) atoms. The third-order valence-corrected chi connectivity index (χ3v) is 2.86. The highest BCUT2D eigenvalue weighted by Gasteiger charge is 2.52. The molecule has 4 amide bonds. The number of hydrogen-bond donors (Lipinski definition) is 2. The minimum absolute atomic E-state index is 0.158. The fourth-order valence-electron chi connectivity index (χ4n) is 1.78. The van der Waals surface area contributed by atoms with Gasteiger partial charge in [-0.25, -0.2) is 4.79 Å². The number of amides is 4. The lowest BCUT2D eigenvalue weighted by molar-refractivity contribution is -0.146. The topological polar surface area (TPSA) is 75.3 Å². The van der Waals surface area contributed by atoms with Gasteiger partial charge in [0, 0.05) is 0 Å². The van der Waals surface area contributed by atoms with Crippen molar-refractivity contribution in [2.75, 3.05) is 0 Å². The van der Waals surface area contributed by atoms with E-state index in [1.165, 1.54) is 12.2 Å². The molecule has 1 aliphatic heterocycles. The molecular weight excluding hydrogens is 208 g/mol. The van der Waals surface area contributed by atoms with Gasteiger partial charge in [-0.15, -0.1) is 13.2 Å². The Morgan fingerprint density at radius 1 is 1.25 bits per heavy atom. The molecule has 1 atom stereocenters. The van der Waals surface area contributed by atoms with Gasteiger partial charge in [-0.1, -0.05) is 19.1 Å². The minimum Gasteiger partial charge on any atom is -0.277 e. The van der Waals surface area contributed by atoms with Crippen LogP contribution in [0.4, 0.5) is 4.79 Å². The van der Waals surface area contributed by atoms with Gasteiger partial charge in [-0.2, -0.15) is 0 Å². The molecule has 1 heterocycles. The molecule has 0 saturated carbocycles. The van der Waals surface area contributed by atoms with Crippen LogP contribution in [-0.4, -0.2) is 17.8 Å². The van der Waals surface area contributed by atoms with Crippen LogP contribution in [0.15, 0.2) is 25.3 Å². The summed E-state index contributed by atoms with van der Waals surface area (Å²) in [6, 6.07) is -0.786. The second-order valence-electron chi connectivity index (χ2n) is 3.73. The standard InChI is InChI=1S/C11H14N2O3/c1-4-6-11(7(3)5-2)8(14)12-10(16)13-9(11)15/h4-5,7H,1-2,6H2,3H3,(H2,12,13,14,15,16). The van der Waals surface area contributed by atoms with Crippen LogP contribution in [0.2, 0.25) is 0 Å². The lowest BCUT2D eigenvalue weighted by Crippen LogP contribution is -2.64. The maximum absolute atomic E-state index is 11.8. The van der Waals surface area contributed by atoms with E-state index in [-0.39, 0.29) is 6.42 Å². The Morgan fingerprint density at radius 2 is 1.75 bits per heavy atom. The molecule has 1 fully saturated rings. The van der Waals surface area contributed by atoms with Gasteiger partial charge in [0.25, 0.3) is 0 Å². The zero-order chi connectivity index (χ0) is 12.3. The molecule has 0 aromatic heterocycles. The van der Waals surface area contributed by atoms with Crippen molar-refractivity contribution in [3.63, 3.8) is 0 Å². The molecule has 1 aliphatic rings. The first-order chi connectivity index (χ1) is 7.48. The van der Waals surface area contributed by atoms with Crippen LogP contribution < -0.4 is 10.6 Å². The third-order valence-electron chi connectivity index (χ3n) is 2.86. The van der Waals surface area contributed by atoms with Crippen LogP contribution in [0, 0.1) is 11.3 Å². The zero-order valence-corrected chi connectivity index (χ0v) is 9.08. The lowest BCUT2D eigenvalue weighted by atomic mass is 9.71. The fourth-order valence-corrected chi connectivity index (χ4v) is 1.78. The van der Waals surface area contributed by atoms with Crippen molar-refractivity contribution in [2.45, 2.75) is 13.3 Å². The van der Waals surface area contributed by atoms with Gasteiger partial charge >= 0.3 is 6.03 Å². The summed E-state index contributed by atoms with van der Waals surface area (Å²) in [6.45, 7) is 8.80. The molecule has 1 unspecified atom stereocenters. The molecule has 0 aromatic rings. The van der Waals surface area contributed by atoms with Gasteiger partial charge in [0.1, 0.15) is 5.41 Å². The summed E-state index contributed by atoms with van der Waals surface area (Å²) in [7, 11) is 0. The maximum Gasteiger partial charge on any atom is 0.328 e. The fraction of sp³-hybridized carbons (Fsp3) is 0.364. The molecule has 0 aromatic carbocycles. The highest BCUT2D eigenvalue weighted by Crippen LogP contribution is 2.35. The number of allylic oxidation sites excluding steroid dienone is 2. The van der Waals surface area contributed by atoms with E-state index in [1.807, 2.05) is 0 Å². The first-order valence-electron chi connectivity index (χ1n) is 4.89. The summed E-state index contributed by atoms with van der Waals surface area (Å²) in [5.41, 5.74) is -1.32. The molecule has 1 saturated heterocycles. The molecule has 86 valence electrons. The van der Waals surface area contributed by atoms with Crippen molar-refractivity contribution in [1.29, 1.82) is 0 Å². The Balaban J connectivity index is 3.21. The number of hydrogen-bond acceptors (Lipinski definition) is 3. The Hall–Kier alpha value is -1.91. The van der Waals surface area contributed by atoms with Crippen LogP contribution in [0.3, 0.4) is 0 Å². The zero-order valence-electron chi connectivity index (χ0n) is 9.08. The van der Waals surface area contributed by atoms with E-state index in [2.05, 4.69) is 23.8 Å². The number of imide groups is 2. The van der Waals surface area contributed by atoms with Gasteiger partial charge in [-0.05, 0) is 12.3 Å². The van der Waals surface area contributed by atoms with Crippen molar-refractivity contribution < 1.29 is 14.4 Å². The van der Waals surface area contributed by atoms with Gasteiger partial charge < -0.3 is 0 Å². The quantitative estimate of drug-likeness (QED) is 0.544. The smallest absolute Gasteiger partial charge is 0.277 e. The molecule has 0 bridgehead atoms. The van der Waals surface area contributed by atoms with Crippen LogP contribution in [-0.2, 0) is 9.59 Å². The largest absolute Gasteiger partial charge is 0.328 e. The number of carbonyl (C=O) groups excluding carboxylic acids is 3. The van der Waals surface area contributed by atoms with Crippen LogP contribution in [0.1, 0.15) is 13.3 Å². The van der Waals surface area contributed by atoms with Crippen molar-refractivity contribution in [3.05, 3.63) is 25.3 Å². The number of carbonyl (C=O) groups is 3. The predicted octanol–water partition coefficient (Wildman–Crippen LogP) is 0.737. The molecule has 0 aliphatic carbocycles. The van der Waals surface area contributed by atoms with Crippen LogP contribution in [0.25, 0.3) is 0 Å². The second kappa shape index (κ2) is 4.30. The lowest BCUT2D eigenvalue weighted by Gasteiger charge is -2.36. The van der Waals surface area contributed by atoms with E-state index in [1.54, 1.807) is 6.92 Å². The van der Waals surface area contributed by atoms with Crippen LogP contribution >= 0.6 is 0 Å². The van der Waals surface area contributed by atoms with Crippen molar-refractivity contribution >= 4 is 17.8 Å². The second-order valence-corrected chi connectivity index (χ2v) is 3.73. The van der Waals surface area contributed by atoms with Gasteiger partial charge in [0.2, 0.25) is 11.8 Å². The van der Waals surface area contributed by atoms with Crippen molar-refractivity contribution in [3.8, 4) is 0 Å². The van der Waals surface area contributed by atoms with Crippen molar-refractivity contribution in [2.24, 2.45) is 11.3 Å². The average Bonchev–Trinajstić information content (AvgIpc) is 2.22. The summed E-state index contributed by atoms with van der Waals surface area (Å²) >= 11 is 0. The summed E-state index contributed by atoms with van der Waals surface area (Å²) in [5.74, 6) is -1.60. The molecule has 1 rings (SSSR count). The van der Waals surface area contributed by atoms with E-state index >= 15 is 0 Å². The first-order valence-corrected chi connectivity index (χ1v) is 4.89. The summed E-state index contributed by atoms with van der Waals surface area (Å²) < 4.78 is 0. The number of nitrogens with one attached hydrogen (secondary N) is 2. The highest BCUT2D eigenvalue weighted by atomic mass is 16.2. The van der Waals surface area contributed by atoms with Crippen LogP contribution in [0.5, 0.6) is 0 Å². The molecule has 5 nitrogen and oxygen atoms in total. The summed E-state index contributed by atoms with van der Waals surface area (Å²) in [6.07, 6.45) is 3.15. The molecule has 2 N–H and O–H groups in total. The average molecular weight is 222 g/mol. The van der Waals surface area contributed by atoms with E-state index in [4.69, 9.17) is 0 Å². The van der Waals surface area contributed by atoms with E-state index < -0.39 is 29.2 Å². The van der Waals surface area contributed by atoms with Gasteiger partial charge in [0.05, 0.1) is 0 Å². The summed E-state index contributed by atoms with van der Waals surface area (Å²) in [4.78, 5) is 34.6. The van der Waals surface area contributed by atoms with E-state index in [9.17, 15) is 14.4 Å². The predicted molar refractivity (Wildman–Crippen MR) is 58.3 cm³/mol. The number of barbiturate groups is 1. The molecule has 0 spiro atoms. The van der Waals surface area contributed by atoms with Crippen molar-refractivity contribution in [1.82, 2.24) is 10.6 Å². The number of rotatable bonds is 4. The number of urea groups is 1. The first kappa shape index (κ1) is 12.2. The minimum atomic E-state index is -1.32. The molecule has 5 heteroatoms. The molecular formula is C11H14N2O3. The SMILES string of the molecule is C=CCC1(C(C)C=C)C(=O)NC(=O)NC1=O. The summed E-state index contributed by atoms with van der Waals surface area (Å²) in [5, 5.41) is 4.19. The maximum atomic E-state index is 11.8. The highest BCUT2D eigenvalue weighted by molar-refractivity contribution is 6.19.